The number of hydrogen-bond donors (Lipinski definition) is 1. The van der Waals surface area contributed by atoms with Crippen LogP contribution >= 0.6 is 23.2 Å². The van der Waals surface area contributed by atoms with Crippen molar-refractivity contribution >= 4 is 41.0 Å². The number of carbonyl (C=O) groups excluding carboxylic acids is 2. The lowest BCUT2D eigenvalue weighted by molar-refractivity contribution is -0.142. The van der Waals surface area contributed by atoms with Crippen LogP contribution in [0.2, 0.25) is 10.0 Å². The number of halogens is 2. The number of carbonyl (C=O) groups is 3. The summed E-state index contributed by atoms with van der Waals surface area (Å²) in [6, 6.07) is 21.4. The minimum Gasteiger partial charge on any atom is -0.496 e. The van der Waals surface area contributed by atoms with E-state index >= 15 is 0 Å². The summed E-state index contributed by atoms with van der Waals surface area (Å²) >= 11 is 13.0. The molecule has 2 amide bonds. The van der Waals surface area contributed by atoms with Gasteiger partial charge in [-0.2, -0.15) is 0 Å². The smallest absolute Gasteiger partial charge is 0.317 e. The SMILES string of the molecule is COc1ccc(-n2cnnc2)cc1C(=O)N1CC[C@](CCN2CCC(C(=O)N3CCN(CC(=O)O)CC3)(c3ccccc3)CC2)(c2ccc(Cl)c(Cl)c2)C1. The van der Waals surface area contributed by atoms with Crippen molar-refractivity contribution in [1.82, 2.24) is 34.4 Å². The summed E-state index contributed by atoms with van der Waals surface area (Å²) < 4.78 is 7.39. The van der Waals surface area contributed by atoms with Gasteiger partial charge in [0, 0.05) is 50.4 Å². The Balaban J connectivity index is 1.08. The van der Waals surface area contributed by atoms with E-state index in [1.54, 1.807) is 30.4 Å². The number of amides is 2. The standard InChI is InChI=1S/C40H45Cl2N7O5/c1-54-35-10-8-31(49-27-43-44-28-49)24-32(35)37(52)48-18-12-39(26-48,30-7-9-33(41)34(42)23-30)11-15-45-16-13-40(14-17-45,29-5-3-2-4-6-29)38(53)47-21-19-46(20-22-47)25-36(50)51/h2-10,23-24,27-28H,11-22,25-26H2,1H3,(H,50,51)/t39-/m0/s1. The van der Waals surface area contributed by atoms with Crippen molar-refractivity contribution in [2.45, 2.75) is 36.5 Å². The highest BCUT2D eigenvalue weighted by atomic mass is 35.5. The topological polar surface area (TPSA) is 124 Å². The van der Waals surface area contributed by atoms with Gasteiger partial charge in [-0.1, -0.05) is 59.6 Å². The van der Waals surface area contributed by atoms with E-state index in [1.807, 2.05) is 63.2 Å². The minimum absolute atomic E-state index is 0.0119. The maximum Gasteiger partial charge on any atom is 0.317 e. The molecule has 1 atom stereocenters. The number of likely N-dealkylation sites (tertiary alicyclic amines) is 2. The molecule has 1 N–H and O–H groups in total. The Kier molecular flexibility index (Phi) is 11.3. The molecule has 3 aliphatic heterocycles. The number of piperidine rings is 1. The van der Waals surface area contributed by atoms with Crippen LogP contribution in [0.3, 0.4) is 0 Å². The third-order valence-electron chi connectivity index (χ3n) is 11.7. The highest BCUT2D eigenvalue weighted by Crippen LogP contribution is 2.43. The molecule has 0 aliphatic carbocycles. The quantitative estimate of drug-likeness (QED) is 0.224. The van der Waals surface area contributed by atoms with Gasteiger partial charge in [0.2, 0.25) is 5.91 Å². The number of carboxylic acids is 1. The van der Waals surface area contributed by atoms with E-state index in [-0.39, 0.29) is 23.8 Å². The number of nitrogens with zero attached hydrogens (tertiary/aromatic N) is 7. The van der Waals surface area contributed by atoms with Crippen LogP contribution in [-0.4, -0.2) is 130 Å². The predicted octanol–water partition coefficient (Wildman–Crippen LogP) is 5.02. The van der Waals surface area contributed by atoms with Crippen LogP contribution in [0, 0.1) is 0 Å². The first-order valence-corrected chi connectivity index (χ1v) is 19.2. The molecule has 3 saturated heterocycles. The molecule has 0 radical (unpaired) electrons. The fraction of sp³-hybridized carbons (Fsp3) is 0.425. The summed E-state index contributed by atoms with van der Waals surface area (Å²) in [5, 5.41) is 18.0. The number of methoxy groups -OCH3 is 1. The Morgan fingerprint density at radius 2 is 1.50 bits per heavy atom. The van der Waals surface area contributed by atoms with Crippen molar-refractivity contribution in [2.75, 3.05) is 72.6 Å². The number of carboxylic acid groups (broad SMARTS) is 1. The van der Waals surface area contributed by atoms with Crippen LogP contribution in [0.15, 0.2) is 79.4 Å². The normalized spacial score (nSPS) is 20.6. The monoisotopic (exact) mass is 773 g/mol. The lowest BCUT2D eigenvalue weighted by atomic mass is 9.71. The van der Waals surface area contributed by atoms with Gasteiger partial charge in [-0.3, -0.25) is 23.9 Å². The molecular weight excluding hydrogens is 729 g/mol. The van der Waals surface area contributed by atoms with Crippen LogP contribution in [0.1, 0.15) is 47.2 Å². The van der Waals surface area contributed by atoms with E-state index in [0.29, 0.717) is 73.5 Å². The first kappa shape index (κ1) is 37.8. The van der Waals surface area contributed by atoms with Gasteiger partial charge in [-0.05, 0) is 86.8 Å². The largest absolute Gasteiger partial charge is 0.496 e. The Morgan fingerprint density at radius 3 is 2.17 bits per heavy atom. The highest BCUT2D eigenvalue weighted by Gasteiger charge is 2.47. The molecule has 0 saturated carbocycles. The number of ether oxygens (including phenoxy) is 1. The molecule has 4 aromatic rings. The summed E-state index contributed by atoms with van der Waals surface area (Å²) in [6.07, 6.45) is 6.07. The van der Waals surface area contributed by atoms with Crippen molar-refractivity contribution in [1.29, 1.82) is 0 Å². The second-order valence-electron chi connectivity index (χ2n) is 14.6. The van der Waals surface area contributed by atoms with Gasteiger partial charge >= 0.3 is 5.97 Å². The minimum atomic E-state index is -0.852. The number of piperazine rings is 1. The van der Waals surface area contributed by atoms with E-state index < -0.39 is 11.4 Å². The van der Waals surface area contributed by atoms with E-state index in [9.17, 15) is 19.5 Å². The van der Waals surface area contributed by atoms with Gasteiger partial charge in [-0.15, -0.1) is 10.2 Å². The van der Waals surface area contributed by atoms with E-state index in [1.165, 1.54) is 0 Å². The molecule has 3 aliphatic rings. The molecule has 14 heteroatoms. The van der Waals surface area contributed by atoms with E-state index in [0.717, 1.165) is 49.3 Å². The molecule has 0 bridgehead atoms. The molecule has 3 fully saturated rings. The molecule has 1 aromatic heterocycles. The Hall–Kier alpha value is -4.49. The van der Waals surface area contributed by atoms with Gasteiger partial charge in [0.15, 0.2) is 0 Å². The Labute approximate surface area is 325 Å². The maximum atomic E-state index is 14.4. The first-order chi connectivity index (χ1) is 26.1. The number of hydrogen-bond acceptors (Lipinski definition) is 8. The van der Waals surface area contributed by atoms with Crippen LogP contribution in [0.25, 0.3) is 5.69 Å². The molecule has 284 valence electrons. The molecule has 0 spiro atoms. The maximum absolute atomic E-state index is 14.4. The van der Waals surface area contributed by atoms with Crippen LogP contribution in [0.4, 0.5) is 0 Å². The van der Waals surface area contributed by atoms with Gasteiger partial charge in [0.1, 0.15) is 18.4 Å². The zero-order chi connectivity index (χ0) is 37.9. The highest BCUT2D eigenvalue weighted by molar-refractivity contribution is 6.42. The average Bonchev–Trinajstić information content (AvgIpc) is 3.90. The predicted molar refractivity (Wildman–Crippen MR) is 206 cm³/mol. The fourth-order valence-corrected chi connectivity index (χ4v) is 8.80. The van der Waals surface area contributed by atoms with Crippen LogP contribution in [0.5, 0.6) is 5.75 Å². The van der Waals surface area contributed by atoms with Crippen molar-refractivity contribution in [2.24, 2.45) is 0 Å². The fourth-order valence-electron chi connectivity index (χ4n) is 8.50. The van der Waals surface area contributed by atoms with Gasteiger partial charge in [0.05, 0.1) is 34.7 Å². The molecular formula is C40H45Cl2N7O5. The Bertz CT molecular complexity index is 1960. The molecule has 12 nitrogen and oxygen atoms in total. The summed E-state index contributed by atoms with van der Waals surface area (Å²) in [5.74, 6) is -0.341. The molecule has 4 heterocycles. The number of aliphatic carboxylic acids is 1. The van der Waals surface area contributed by atoms with E-state index in [2.05, 4.69) is 27.2 Å². The second kappa shape index (κ2) is 16.1. The third kappa shape index (κ3) is 7.70. The summed E-state index contributed by atoms with van der Waals surface area (Å²) in [6.45, 7) is 5.44. The van der Waals surface area contributed by atoms with Gasteiger partial charge in [0.25, 0.3) is 5.91 Å². The Morgan fingerprint density at radius 1 is 0.778 bits per heavy atom. The number of benzene rings is 3. The van der Waals surface area contributed by atoms with Crippen LogP contribution < -0.4 is 4.74 Å². The van der Waals surface area contributed by atoms with Crippen molar-refractivity contribution in [3.8, 4) is 11.4 Å². The lowest BCUT2D eigenvalue weighted by Gasteiger charge is -2.46. The summed E-state index contributed by atoms with van der Waals surface area (Å²) in [7, 11) is 1.57. The van der Waals surface area contributed by atoms with Crippen LogP contribution in [-0.2, 0) is 20.4 Å². The zero-order valence-corrected chi connectivity index (χ0v) is 31.9. The zero-order valence-electron chi connectivity index (χ0n) is 30.4. The summed E-state index contributed by atoms with van der Waals surface area (Å²) in [4.78, 5) is 48.1. The first-order valence-electron chi connectivity index (χ1n) is 18.4. The van der Waals surface area contributed by atoms with Gasteiger partial charge in [-0.25, -0.2) is 0 Å². The van der Waals surface area contributed by atoms with Crippen molar-refractivity contribution in [3.05, 3.63) is 106 Å². The third-order valence-corrected chi connectivity index (χ3v) is 12.4. The summed E-state index contributed by atoms with van der Waals surface area (Å²) in [5.41, 5.74) is 2.28. The lowest BCUT2D eigenvalue weighted by Crippen LogP contribution is -2.58. The molecule has 0 unspecified atom stereocenters. The second-order valence-corrected chi connectivity index (χ2v) is 15.5. The van der Waals surface area contributed by atoms with Gasteiger partial charge < -0.3 is 24.5 Å². The molecule has 7 rings (SSSR count). The number of rotatable bonds is 11. The van der Waals surface area contributed by atoms with Crippen molar-refractivity contribution < 1.29 is 24.2 Å². The molecule has 54 heavy (non-hydrogen) atoms. The molecule has 3 aromatic carbocycles. The average molecular weight is 775 g/mol. The number of aromatic nitrogens is 3. The van der Waals surface area contributed by atoms with Crippen molar-refractivity contribution in [3.63, 3.8) is 0 Å². The van der Waals surface area contributed by atoms with E-state index in [4.69, 9.17) is 27.9 Å².